The first-order valence-electron chi connectivity index (χ1n) is 15.9. The third kappa shape index (κ3) is 11.2. The fraction of sp³-hybridized carbons (Fsp3) is 0.567. The predicted molar refractivity (Wildman–Crippen MR) is 146 cm³/mol. The molecule has 1 aromatic heterocycles. The number of hydrogen-bond donors (Lipinski definition) is 1. The number of esters is 1. The van der Waals surface area contributed by atoms with E-state index < -0.39 is 14.0 Å². The van der Waals surface area contributed by atoms with Gasteiger partial charge in [-0.2, -0.15) is 0 Å². The molecular weight excluding hydrogens is 420 g/mol. The third-order valence-corrected chi connectivity index (χ3v) is 5.91. The highest BCUT2D eigenvalue weighted by atomic mass is 16.5. The highest BCUT2D eigenvalue weighted by molar-refractivity contribution is 5.91. The normalized spacial score (nSPS) is 15.4. The smallest absolute Gasteiger partial charge is 0.311 e. The monoisotopic (exact) mass is 472 g/mol. The molecule has 0 unspecified atom stereocenters. The molecule has 0 aliphatic heterocycles. The Labute approximate surface area is 215 Å². The summed E-state index contributed by atoms with van der Waals surface area (Å²) in [6, 6.07) is 5.32. The minimum atomic E-state index is -2.74. The molecule has 4 heteroatoms. The van der Waals surface area contributed by atoms with Gasteiger partial charge in [0.25, 0.3) is 0 Å². The third-order valence-electron chi connectivity index (χ3n) is 5.91. The quantitative estimate of drug-likeness (QED) is 0.103. The fourth-order valence-corrected chi connectivity index (χ4v) is 3.99. The zero-order valence-corrected chi connectivity index (χ0v) is 20.8. The van der Waals surface area contributed by atoms with E-state index in [-0.39, 0.29) is 18.9 Å². The molecule has 1 N–H and O–H groups in total. The van der Waals surface area contributed by atoms with E-state index in [1.165, 1.54) is 25.7 Å². The molecule has 34 heavy (non-hydrogen) atoms. The van der Waals surface area contributed by atoms with Gasteiger partial charge in [-0.05, 0) is 76.6 Å². The van der Waals surface area contributed by atoms with Crippen molar-refractivity contribution in [3.8, 4) is 5.75 Å². The summed E-state index contributed by atoms with van der Waals surface area (Å²) < 4.78 is 51.1. The van der Waals surface area contributed by atoms with Crippen LogP contribution >= 0.6 is 0 Å². The lowest BCUT2D eigenvalue weighted by atomic mass is 10.1. The van der Waals surface area contributed by atoms with Crippen LogP contribution in [0.3, 0.4) is 0 Å². The van der Waals surface area contributed by atoms with E-state index in [2.05, 4.69) is 36.2 Å². The van der Waals surface area contributed by atoms with Gasteiger partial charge in [0.1, 0.15) is 5.75 Å². The van der Waals surface area contributed by atoms with Crippen molar-refractivity contribution in [1.29, 1.82) is 0 Å². The van der Waals surface area contributed by atoms with Gasteiger partial charge < -0.3 is 14.6 Å². The van der Waals surface area contributed by atoms with Crippen molar-refractivity contribution in [1.82, 2.24) is 9.88 Å². The molecule has 0 saturated heterocycles. The van der Waals surface area contributed by atoms with E-state index >= 15 is 0 Å². The van der Waals surface area contributed by atoms with Crippen LogP contribution in [0.15, 0.2) is 48.7 Å². The molecule has 0 atom stereocenters. The Morgan fingerprint density at radius 3 is 2.50 bits per heavy atom. The lowest BCUT2D eigenvalue weighted by Crippen LogP contribution is -2.15. The molecule has 0 spiro atoms. The van der Waals surface area contributed by atoms with Crippen LogP contribution in [-0.2, 0) is 11.2 Å². The van der Waals surface area contributed by atoms with Crippen LogP contribution in [0.5, 0.6) is 5.75 Å². The number of unbranched alkanes of at least 4 members (excludes halogenated alkanes) is 8. The van der Waals surface area contributed by atoms with Crippen molar-refractivity contribution in [2.45, 2.75) is 90.4 Å². The Balaban J connectivity index is 1.73. The molecule has 0 saturated carbocycles. The Bertz CT molecular complexity index is 1060. The van der Waals surface area contributed by atoms with Gasteiger partial charge in [0.15, 0.2) is 0 Å². The Morgan fingerprint density at radius 1 is 1.00 bits per heavy atom. The van der Waals surface area contributed by atoms with Gasteiger partial charge in [-0.3, -0.25) is 4.79 Å². The molecule has 188 valence electrons. The number of carbonyl (C=O) groups is 1. The van der Waals surface area contributed by atoms with Gasteiger partial charge in [-0.25, -0.2) is 0 Å². The van der Waals surface area contributed by atoms with E-state index in [0.717, 1.165) is 50.5 Å². The number of benzene rings is 1. The van der Waals surface area contributed by atoms with Gasteiger partial charge in [0, 0.05) is 38.3 Å². The zero-order chi connectivity index (χ0) is 29.4. The summed E-state index contributed by atoms with van der Waals surface area (Å²) in [5.74, 6) is 0.0904. The van der Waals surface area contributed by atoms with Gasteiger partial charge in [0.2, 0.25) is 0 Å². The molecular formula is C30H46N2O2. The van der Waals surface area contributed by atoms with Gasteiger partial charge in [-0.1, -0.05) is 69.4 Å². The zero-order valence-electron chi connectivity index (χ0n) is 26.8. The number of nitrogens with one attached hydrogen (secondary N) is 1. The first-order valence-corrected chi connectivity index (χ1v) is 12.9. The van der Waals surface area contributed by atoms with Gasteiger partial charge in [-0.15, -0.1) is 0 Å². The number of allylic oxidation sites excluding steroid dienone is 4. The van der Waals surface area contributed by atoms with E-state index in [0.29, 0.717) is 28.0 Å². The molecule has 2 rings (SSSR count). The van der Waals surface area contributed by atoms with E-state index in [4.69, 9.17) is 13.0 Å². The minimum Gasteiger partial charge on any atom is -0.426 e. The van der Waals surface area contributed by atoms with Crippen LogP contribution in [0, 0.1) is 0 Å². The highest BCUT2D eigenvalue weighted by Gasteiger charge is 2.13. The molecule has 0 radical (unpaired) electrons. The number of aromatic nitrogens is 1. The first kappa shape index (κ1) is 19.9. The minimum absolute atomic E-state index is 0.177. The van der Waals surface area contributed by atoms with Crippen molar-refractivity contribution >= 4 is 16.9 Å². The number of fused-ring (bicyclic) bond motifs is 1. The van der Waals surface area contributed by atoms with Crippen LogP contribution in [-0.4, -0.2) is 36.3 Å². The maximum atomic E-state index is 12.5. The number of carbonyl (C=O) groups excluding carboxylic acids is 1. The molecule has 0 fully saturated rings. The van der Waals surface area contributed by atoms with E-state index in [1.807, 2.05) is 6.07 Å². The largest absolute Gasteiger partial charge is 0.426 e. The van der Waals surface area contributed by atoms with Gasteiger partial charge >= 0.3 is 5.97 Å². The number of hydrogen-bond acceptors (Lipinski definition) is 3. The molecule has 0 aliphatic carbocycles. The fourth-order valence-electron chi connectivity index (χ4n) is 3.99. The summed E-state index contributed by atoms with van der Waals surface area (Å²) in [5, 5.41) is 0.673. The summed E-state index contributed by atoms with van der Waals surface area (Å²) in [4.78, 5) is 16.2. The number of nitrogens with zero attached hydrogens (tertiary/aromatic N) is 1. The maximum absolute atomic E-state index is 12.5. The second-order valence-corrected chi connectivity index (χ2v) is 8.85. The summed E-state index contributed by atoms with van der Waals surface area (Å²) >= 11 is 0. The van der Waals surface area contributed by atoms with Crippen LogP contribution in [0.2, 0.25) is 0 Å². The first-order chi connectivity index (χ1) is 19.0. The van der Waals surface area contributed by atoms with Crippen molar-refractivity contribution < 1.29 is 17.8 Å². The van der Waals surface area contributed by atoms with Gasteiger partial charge in [0.05, 0.1) is 0 Å². The Hall–Kier alpha value is -2.33. The topological polar surface area (TPSA) is 45.3 Å². The number of rotatable bonds is 18. The molecule has 2 aromatic rings. The lowest BCUT2D eigenvalue weighted by molar-refractivity contribution is -0.134. The SMILES string of the molecule is [2H]C([2H])([2H])N(CCc1c[nH]c2cccc(OC(=O)CCCCCCC/C=C\C/C=C\CCCCC)c12)C([2H])([2H])[2H]. The Kier molecular flexibility index (Phi) is 10.1. The van der Waals surface area contributed by atoms with Crippen LogP contribution in [0.1, 0.15) is 97.8 Å². The molecule has 4 nitrogen and oxygen atoms in total. The highest BCUT2D eigenvalue weighted by Crippen LogP contribution is 2.29. The summed E-state index contributed by atoms with van der Waals surface area (Å²) in [5.41, 5.74) is 1.45. The molecule has 1 aromatic carbocycles. The average Bonchev–Trinajstić information content (AvgIpc) is 3.29. The standard InChI is InChI=1S/C30H46N2O2/c1-4-5-6-7-8-9-10-11-12-13-14-15-16-17-18-22-29(33)34-28-21-19-20-27-30(28)26(25-31-27)23-24-32(2)3/h8-9,11-12,19-21,25,31H,4-7,10,13-18,22-24H2,1-3H3/b9-8-,12-11-/i2D3,3D3. The Morgan fingerprint density at radius 2 is 1.74 bits per heavy atom. The molecule has 0 bridgehead atoms. The summed E-state index contributed by atoms with van der Waals surface area (Å²) in [7, 11) is 0. The van der Waals surface area contributed by atoms with Crippen molar-refractivity contribution in [2.24, 2.45) is 0 Å². The molecule has 0 amide bonds. The molecule has 1 heterocycles. The van der Waals surface area contributed by atoms with Crippen LogP contribution in [0.4, 0.5) is 0 Å². The lowest BCUT2D eigenvalue weighted by Gasteiger charge is -2.10. The molecule has 0 aliphatic rings. The van der Waals surface area contributed by atoms with E-state index in [1.54, 1.807) is 18.3 Å². The summed E-state index contributed by atoms with van der Waals surface area (Å²) in [6.07, 6.45) is 23.5. The number of aromatic amines is 1. The van der Waals surface area contributed by atoms with E-state index in [9.17, 15) is 4.79 Å². The number of likely N-dealkylation sites (N-methyl/N-ethyl adjacent to an activating group) is 1. The maximum Gasteiger partial charge on any atom is 0.311 e. The average molecular weight is 473 g/mol. The van der Waals surface area contributed by atoms with Crippen molar-refractivity contribution in [3.63, 3.8) is 0 Å². The summed E-state index contributed by atoms with van der Waals surface area (Å²) in [6.45, 7) is -3.45. The van der Waals surface area contributed by atoms with Crippen molar-refractivity contribution in [2.75, 3.05) is 20.5 Å². The van der Waals surface area contributed by atoms with Crippen molar-refractivity contribution in [3.05, 3.63) is 54.3 Å². The second-order valence-electron chi connectivity index (χ2n) is 8.85. The predicted octanol–water partition coefficient (Wildman–Crippen LogP) is 7.99. The number of ether oxygens (including phenoxy) is 1. The van der Waals surface area contributed by atoms with Crippen LogP contribution in [0.25, 0.3) is 10.9 Å². The number of H-pyrrole nitrogens is 1. The van der Waals surface area contributed by atoms with Crippen LogP contribution < -0.4 is 4.74 Å². The second kappa shape index (κ2) is 17.2.